The van der Waals surface area contributed by atoms with E-state index in [1.807, 2.05) is 13.0 Å². The van der Waals surface area contributed by atoms with Crippen LogP contribution in [0.15, 0.2) is 12.2 Å². The molecule has 1 N–H and O–H groups in total. The first-order chi connectivity index (χ1) is 6.16. The van der Waals surface area contributed by atoms with Crippen LogP contribution in [-0.2, 0) is 9.59 Å². The van der Waals surface area contributed by atoms with Gasteiger partial charge in [-0.2, -0.15) is 0 Å². The Morgan fingerprint density at radius 1 is 1.23 bits per heavy atom. The maximum absolute atomic E-state index is 11.0. The van der Waals surface area contributed by atoms with Crippen LogP contribution in [0.25, 0.3) is 0 Å². The van der Waals surface area contributed by atoms with Crippen LogP contribution in [0.1, 0.15) is 39.0 Å². The zero-order valence-corrected chi connectivity index (χ0v) is 7.95. The molecule has 3 heteroatoms. The van der Waals surface area contributed by atoms with E-state index in [9.17, 15) is 9.59 Å². The average molecular weight is 184 g/mol. The Hall–Kier alpha value is -1.12. The van der Waals surface area contributed by atoms with E-state index in [0.717, 1.165) is 6.42 Å². The van der Waals surface area contributed by atoms with Crippen molar-refractivity contribution in [2.24, 2.45) is 0 Å². The first kappa shape index (κ1) is 11.9. The molecule has 0 amide bonds. The Morgan fingerprint density at radius 3 is 2.38 bits per heavy atom. The fraction of sp³-hybridized carbons (Fsp3) is 0.600. The van der Waals surface area contributed by atoms with Crippen LogP contribution in [0.4, 0.5) is 0 Å². The number of hydrogen-bond acceptors (Lipinski definition) is 2. The van der Waals surface area contributed by atoms with Crippen LogP contribution in [0.5, 0.6) is 0 Å². The second-order valence-electron chi connectivity index (χ2n) is 2.88. The minimum absolute atomic E-state index is 0.0900. The number of rotatable bonds is 7. The SMILES string of the molecule is CCC=CC(=O)CCCCC(=O)O. The van der Waals surface area contributed by atoms with E-state index in [4.69, 9.17) is 5.11 Å². The smallest absolute Gasteiger partial charge is 0.303 e. The van der Waals surface area contributed by atoms with E-state index in [-0.39, 0.29) is 12.2 Å². The minimum atomic E-state index is -0.795. The van der Waals surface area contributed by atoms with Gasteiger partial charge in [-0.05, 0) is 25.3 Å². The molecule has 0 aromatic carbocycles. The lowest BCUT2D eigenvalue weighted by Crippen LogP contribution is -1.96. The zero-order valence-electron chi connectivity index (χ0n) is 7.95. The van der Waals surface area contributed by atoms with Gasteiger partial charge in [-0.3, -0.25) is 9.59 Å². The van der Waals surface area contributed by atoms with Gasteiger partial charge in [0.2, 0.25) is 0 Å². The third kappa shape index (κ3) is 8.79. The van der Waals surface area contributed by atoms with Gasteiger partial charge in [0.15, 0.2) is 5.78 Å². The molecule has 0 spiro atoms. The van der Waals surface area contributed by atoms with Crippen molar-refractivity contribution in [1.82, 2.24) is 0 Å². The van der Waals surface area contributed by atoms with Crippen LogP contribution in [0.3, 0.4) is 0 Å². The molecule has 0 aliphatic heterocycles. The summed E-state index contributed by atoms with van der Waals surface area (Å²) in [7, 11) is 0. The van der Waals surface area contributed by atoms with Gasteiger partial charge in [0.05, 0.1) is 0 Å². The lowest BCUT2D eigenvalue weighted by molar-refractivity contribution is -0.137. The molecule has 0 heterocycles. The summed E-state index contributed by atoms with van der Waals surface area (Å²) in [5, 5.41) is 8.32. The van der Waals surface area contributed by atoms with Gasteiger partial charge in [-0.15, -0.1) is 0 Å². The van der Waals surface area contributed by atoms with Crippen LogP contribution >= 0.6 is 0 Å². The van der Waals surface area contributed by atoms with E-state index in [1.54, 1.807) is 6.08 Å². The number of carbonyl (C=O) groups is 2. The molecule has 74 valence electrons. The fourth-order valence-corrected chi connectivity index (χ4v) is 0.908. The topological polar surface area (TPSA) is 54.4 Å². The fourth-order valence-electron chi connectivity index (χ4n) is 0.908. The Bertz CT molecular complexity index is 194. The molecule has 0 aromatic heterocycles. The van der Waals surface area contributed by atoms with E-state index in [1.165, 1.54) is 0 Å². The third-order valence-electron chi connectivity index (χ3n) is 1.60. The van der Waals surface area contributed by atoms with E-state index >= 15 is 0 Å². The molecule has 0 bridgehead atoms. The van der Waals surface area contributed by atoms with E-state index < -0.39 is 5.97 Å². The Labute approximate surface area is 78.5 Å². The Balaban J connectivity index is 3.37. The normalized spacial score (nSPS) is 10.5. The number of hydrogen-bond donors (Lipinski definition) is 1. The van der Waals surface area contributed by atoms with Gasteiger partial charge in [-0.25, -0.2) is 0 Å². The molecule has 0 saturated carbocycles. The molecular formula is C10H16O3. The van der Waals surface area contributed by atoms with Crippen molar-refractivity contribution in [2.45, 2.75) is 39.0 Å². The van der Waals surface area contributed by atoms with Crippen molar-refractivity contribution < 1.29 is 14.7 Å². The first-order valence-corrected chi connectivity index (χ1v) is 4.58. The molecule has 0 rings (SSSR count). The maximum atomic E-state index is 11.0. The molecule has 3 nitrogen and oxygen atoms in total. The molecule has 0 atom stereocenters. The summed E-state index contributed by atoms with van der Waals surface area (Å²) in [4.78, 5) is 21.1. The number of carbonyl (C=O) groups excluding carboxylic acids is 1. The predicted molar refractivity (Wildman–Crippen MR) is 50.5 cm³/mol. The highest BCUT2D eigenvalue weighted by molar-refractivity contribution is 5.89. The Kier molecular flexibility index (Phi) is 6.88. The lowest BCUT2D eigenvalue weighted by atomic mass is 10.1. The molecule has 0 aliphatic carbocycles. The lowest BCUT2D eigenvalue weighted by Gasteiger charge is -1.94. The molecule has 0 fully saturated rings. The molecule has 13 heavy (non-hydrogen) atoms. The van der Waals surface area contributed by atoms with Crippen molar-refractivity contribution in [3.63, 3.8) is 0 Å². The molecule has 0 unspecified atom stereocenters. The Morgan fingerprint density at radius 2 is 1.85 bits per heavy atom. The average Bonchev–Trinajstić information content (AvgIpc) is 2.08. The molecule has 0 saturated heterocycles. The maximum Gasteiger partial charge on any atom is 0.303 e. The van der Waals surface area contributed by atoms with Gasteiger partial charge in [0.25, 0.3) is 0 Å². The minimum Gasteiger partial charge on any atom is -0.481 e. The van der Waals surface area contributed by atoms with Crippen LogP contribution in [0, 0.1) is 0 Å². The van der Waals surface area contributed by atoms with Crippen molar-refractivity contribution >= 4 is 11.8 Å². The van der Waals surface area contributed by atoms with Gasteiger partial charge in [-0.1, -0.05) is 13.0 Å². The first-order valence-electron chi connectivity index (χ1n) is 4.58. The van der Waals surface area contributed by atoms with Crippen molar-refractivity contribution in [1.29, 1.82) is 0 Å². The number of carboxylic acids is 1. The third-order valence-corrected chi connectivity index (χ3v) is 1.60. The van der Waals surface area contributed by atoms with Gasteiger partial charge < -0.3 is 5.11 Å². The van der Waals surface area contributed by atoms with Crippen molar-refractivity contribution in [2.75, 3.05) is 0 Å². The zero-order chi connectivity index (χ0) is 10.1. The van der Waals surface area contributed by atoms with Gasteiger partial charge >= 0.3 is 5.97 Å². The highest BCUT2D eigenvalue weighted by atomic mass is 16.4. The van der Waals surface area contributed by atoms with E-state index in [0.29, 0.717) is 19.3 Å². The molecule has 0 radical (unpaired) electrons. The largest absolute Gasteiger partial charge is 0.481 e. The number of ketones is 1. The summed E-state index contributed by atoms with van der Waals surface area (Å²) in [5.41, 5.74) is 0. The summed E-state index contributed by atoms with van der Waals surface area (Å²) in [5.74, 6) is -0.705. The number of carboxylic acid groups (broad SMARTS) is 1. The summed E-state index contributed by atoms with van der Waals surface area (Å²) in [6, 6.07) is 0. The summed E-state index contributed by atoms with van der Waals surface area (Å²) in [6.07, 6.45) is 6.12. The van der Waals surface area contributed by atoms with Gasteiger partial charge in [0, 0.05) is 12.8 Å². The molecule has 0 aliphatic rings. The van der Waals surface area contributed by atoms with Crippen molar-refractivity contribution in [3.05, 3.63) is 12.2 Å². The monoisotopic (exact) mass is 184 g/mol. The highest BCUT2D eigenvalue weighted by Gasteiger charge is 1.99. The van der Waals surface area contributed by atoms with Crippen LogP contribution in [0.2, 0.25) is 0 Å². The van der Waals surface area contributed by atoms with Gasteiger partial charge in [0.1, 0.15) is 0 Å². The summed E-state index contributed by atoms with van der Waals surface area (Å²) < 4.78 is 0. The molecular weight excluding hydrogens is 168 g/mol. The highest BCUT2D eigenvalue weighted by Crippen LogP contribution is 2.01. The predicted octanol–water partition coefficient (Wildman–Crippen LogP) is 2.17. The second-order valence-corrected chi connectivity index (χ2v) is 2.88. The second kappa shape index (κ2) is 7.53. The molecule has 0 aromatic rings. The van der Waals surface area contributed by atoms with E-state index in [2.05, 4.69) is 0 Å². The van der Waals surface area contributed by atoms with Crippen molar-refractivity contribution in [3.8, 4) is 0 Å². The number of unbranched alkanes of at least 4 members (excludes halogenated alkanes) is 1. The summed E-state index contributed by atoms with van der Waals surface area (Å²) >= 11 is 0. The standard InChI is InChI=1S/C10H16O3/c1-2-3-6-9(11)7-4-5-8-10(12)13/h3,6H,2,4-5,7-8H2,1H3,(H,12,13). The number of aliphatic carboxylic acids is 1. The van der Waals surface area contributed by atoms with Crippen LogP contribution < -0.4 is 0 Å². The number of allylic oxidation sites excluding steroid dienone is 2. The van der Waals surface area contributed by atoms with Crippen LogP contribution in [-0.4, -0.2) is 16.9 Å². The summed E-state index contributed by atoms with van der Waals surface area (Å²) in [6.45, 7) is 1.97. The quantitative estimate of drug-likeness (QED) is 0.487.